The first-order valence-corrected chi connectivity index (χ1v) is 8.43. The Bertz CT molecular complexity index is 567. The van der Waals surface area contributed by atoms with Crippen LogP contribution in [0.3, 0.4) is 0 Å². The van der Waals surface area contributed by atoms with Crippen molar-refractivity contribution in [3.63, 3.8) is 0 Å². The lowest BCUT2D eigenvalue weighted by atomic mass is 9.89. The van der Waals surface area contributed by atoms with Crippen LogP contribution in [0.25, 0.3) is 0 Å². The number of amides is 1. The number of ether oxygens (including phenoxy) is 1. The standard InChI is InChI=1S/C18H24N2O3/c1-2-23-16(21)13-20-15(14-8-4-3-5-9-14)12-19-18(17(20)22)10-6-7-11-18/h3-5,8-9,15,19H,2,6-7,10-13H2,1H3/t15-/m0/s1. The van der Waals surface area contributed by atoms with Gasteiger partial charge in [0.25, 0.3) is 0 Å². The van der Waals surface area contributed by atoms with Gasteiger partial charge in [0.05, 0.1) is 18.2 Å². The highest BCUT2D eigenvalue weighted by atomic mass is 16.5. The van der Waals surface area contributed by atoms with Gasteiger partial charge in [-0.3, -0.25) is 9.59 Å². The molecule has 1 aliphatic heterocycles. The molecule has 0 radical (unpaired) electrons. The van der Waals surface area contributed by atoms with Crippen molar-refractivity contribution in [2.75, 3.05) is 19.7 Å². The first kappa shape index (κ1) is 16.0. The predicted octanol–water partition coefficient (Wildman–Crippen LogP) is 2.04. The van der Waals surface area contributed by atoms with E-state index in [1.165, 1.54) is 0 Å². The van der Waals surface area contributed by atoms with Crippen LogP contribution in [0.1, 0.15) is 44.2 Å². The zero-order valence-electron chi connectivity index (χ0n) is 13.6. The summed E-state index contributed by atoms with van der Waals surface area (Å²) >= 11 is 0. The Labute approximate surface area is 137 Å². The van der Waals surface area contributed by atoms with Gasteiger partial charge in [-0.2, -0.15) is 0 Å². The van der Waals surface area contributed by atoms with Crippen molar-refractivity contribution in [3.05, 3.63) is 35.9 Å². The molecular weight excluding hydrogens is 292 g/mol. The smallest absolute Gasteiger partial charge is 0.325 e. The molecule has 5 nitrogen and oxygen atoms in total. The normalized spacial score (nSPS) is 23.3. The number of esters is 1. The number of hydrogen-bond donors (Lipinski definition) is 1. The third-order valence-electron chi connectivity index (χ3n) is 4.93. The molecule has 3 rings (SSSR count). The van der Waals surface area contributed by atoms with E-state index < -0.39 is 5.54 Å². The third-order valence-corrected chi connectivity index (χ3v) is 4.93. The average molecular weight is 316 g/mol. The maximum absolute atomic E-state index is 13.1. The summed E-state index contributed by atoms with van der Waals surface area (Å²) < 4.78 is 5.08. The fourth-order valence-electron chi connectivity index (χ4n) is 3.76. The van der Waals surface area contributed by atoms with E-state index >= 15 is 0 Å². The molecule has 124 valence electrons. The molecule has 5 heteroatoms. The first-order valence-electron chi connectivity index (χ1n) is 8.43. The van der Waals surface area contributed by atoms with E-state index in [0.717, 1.165) is 31.2 Å². The van der Waals surface area contributed by atoms with Crippen LogP contribution >= 0.6 is 0 Å². The largest absolute Gasteiger partial charge is 0.465 e. The van der Waals surface area contributed by atoms with Gasteiger partial charge >= 0.3 is 5.97 Å². The van der Waals surface area contributed by atoms with Crippen LogP contribution in [0.5, 0.6) is 0 Å². The molecule has 1 N–H and O–H groups in total. The molecule has 0 aromatic heterocycles. The van der Waals surface area contributed by atoms with Crippen LogP contribution < -0.4 is 5.32 Å². The second-order valence-corrected chi connectivity index (χ2v) is 6.33. The van der Waals surface area contributed by atoms with Crippen LogP contribution in [0, 0.1) is 0 Å². The average Bonchev–Trinajstić information content (AvgIpc) is 3.03. The van der Waals surface area contributed by atoms with E-state index in [0.29, 0.717) is 13.2 Å². The molecule has 0 bridgehead atoms. The lowest BCUT2D eigenvalue weighted by Crippen LogP contribution is -2.64. The summed E-state index contributed by atoms with van der Waals surface area (Å²) in [6, 6.07) is 9.76. The quantitative estimate of drug-likeness (QED) is 0.864. The molecule has 0 unspecified atom stereocenters. The second kappa shape index (κ2) is 6.71. The minimum Gasteiger partial charge on any atom is -0.465 e. The molecule has 1 spiro atoms. The fourth-order valence-corrected chi connectivity index (χ4v) is 3.76. The van der Waals surface area contributed by atoms with Crippen molar-refractivity contribution in [2.24, 2.45) is 0 Å². The lowest BCUT2D eigenvalue weighted by molar-refractivity contribution is -0.156. The van der Waals surface area contributed by atoms with E-state index in [1.54, 1.807) is 11.8 Å². The highest BCUT2D eigenvalue weighted by Crippen LogP contribution is 2.37. The van der Waals surface area contributed by atoms with Gasteiger partial charge in [0.1, 0.15) is 6.54 Å². The summed E-state index contributed by atoms with van der Waals surface area (Å²) in [5.41, 5.74) is 0.572. The van der Waals surface area contributed by atoms with Gasteiger partial charge in [-0.15, -0.1) is 0 Å². The Hall–Kier alpha value is -1.88. The van der Waals surface area contributed by atoms with Crippen LogP contribution in [-0.2, 0) is 14.3 Å². The van der Waals surface area contributed by atoms with Crippen molar-refractivity contribution in [2.45, 2.75) is 44.2 Å². The number of benzene rings is 1. The van der Waals surface area contributed by atoms with Crippen LogP contribution in [0.2, 0.25) is 0 Å². The molecular formula is C18H24N2O3. The number of nitrogens with one attached hydrogen (secondary N) is 1. The highest BCUT2D eigenvalue weighted by Gasteiger charge is 2.49. The van der Waals surface area contributed by atoms with Crippen LogP contribution in [0.15, 0.2) is 30.3 Å². The number of rotatable bonds is 4. The maximum Gasteiger partial charge on any atom is 0.325 e. The van der Waals surface area contributed by atoms with Gasteiger partial charge in [-0.05, 0) is 25.3 Å². The van der Waals surface area contributed by atoms with E-state index in [4.69, 9.17) is 4.74 Å². The molecule has 23 heavy (non-hydrogen) atoms. The summed E-state index contributed by atoms with van der Waals surface area (Å²) in [7, 11) is 0. The van der Waals surface area contributed by atoms with Crippen molar-refractivity contribution < 1.29 is 14.3 Å². The van der Waals surface area contributed by atoms with E-state index in [9.17, 15) is 9.59 Å². The second-order valence-electron chi connectivity index (χ2n) is 6.33. The Kier molecular flexibility index (Phi) is 4.66. The number of nitrogens with zero attached hydrogens (tertiary/aromatic N) is 1. The van der Waals surface area contributed by atoms with Gasteiger partial charge in [0.2, 0.25) is 5.91 Å². The number of carbonyl (C=O) groups is 2. The molecule has 1 aromatic carbocycles. The molecule has 1 aliphatic carbocycles. The minimum atomic E-state index is -0.474. The molecule has 1 atom stereocenters. The Morgan fingerprint density at radius 2 is 2.00 bits per heavy atom. The summed E-state index contributed by atoms with van der Waals surface area (Å²) in [5.74, 6) is -0.292. The summed E-state index contributed by atoms with van der Waals surface area (Å²) in [4.78, 5) is 26.8. The SMILES string of the molecule is CCOC(=O)CN1C(=O)C2(CCCC2)NC[C@H]1c1ccccc1. The summed E-state index contributed by atoms with van der Waals surface area (Å²) in [6.45, 7) is 2.82. The number of piperazine rings is 1. The van der Waals surface area contributed by atoms with Gasteiger partial charge in [0, 0.05) is 6.54 Å². The van der Waals surface area contributed by atoms with Crippen LogP contribution in [0.4, 0.5) is 0 Å². The lowest BCUT2D eigenvalue weighted by Gasteiger charge is -2.45. The molecule has 1 saturated heterocycles. The van der Waals surface area contributed by atoms with E-state index in [-0.39, 0.29) is 24.5 Å². The molecule has 1 aromatic rings. The molecule has 1 amide bonds. The van der Waals surface area contributed by atoms with Gasteiger partial charge in [0.15, 0.2) is 0 Å². The van der Waals surface area contributed by atoms with Crippen molar-refractivity contribution >= 4 is 11.9 Å². The Morgan fingerprint density at radius 1 is 1.30 bits per heavy atom. The topological polar surface area (TPSA) is 58.6 Å². The van der Waals surface area contributed by atoms with E-state index in [2.05, 4.69) is 5.32 Å². The van der Waals surface area contributed by atoms with E-state index in [1.807, 2.05) is 30.3 Å². The summed E-state index contributed by atoms with van der Waals surface area (Å²) in [6.07, 6.45) is 3.82. The minimum absolute atomic E-state index is 0.0235. The molecule has 1 saturated carbocycles. The van der Waals surface area contributed by atoms with Crippen LogP contribution in [-0.4, -0.2) is 42.0 Å². The first-order chi connectivity index (χ1) is 11.2. The third kappa shape index (κ3) is 3.11. The van der Waals surface area contributed by atoms with Crippen molar-refractivity contribution in [1.29, 1.82) is 0 Å². The zero-order chi connectivity index (χ0) is 16.3. The van der Waals surface area contributed by atoms with Gasteiger partial charge in [-0.25, -0.2) is 0 Å². The molecule has 2 aliphatic rings. The van der Waals surface area contributed by atoms with Crippen molar-refractivity contribution in [3.8, 4) is 0 Å². The van der Waals surface area contributed by atoms with Crippen molar-refractivity contribution in [1.82, 2.24) is 10.2 Å². The molecule has 2 fully saturated rings. The number of hydrogen-bond acceptors (Lipinski definition) is 4. The predicted molar refractivity (Wildman–Crippen MR) is 86.7 cm³/mol. The fraction of sp³-hybridized carbons (Fsp3) is 0.556. The number of carbonyl (C=O) groups excluding carboxylic acids is 2. The maximum atomic E-state index is 13.1. The Balaban J connectivity index is 1.87. The zero-order valence-corrected chi connectivity index (χ0v) is 13.6. The summed E-state index contributed by atoms with van der Waals surface area (Å²) in [5, 5.41) is 3.48. The monoisotopic (exact) mass is 316 g/mol. The molecule has 1 heterocycles. The highest BCUT2D eigenvalue weighted by molar-refractivity contribution is 5.90. The Morgan fingerprint density at radius 3 is 2.65 bits per heavy atom. The van der Waals surface area contributed by atoms with Gasteiger partial charge in [-0.1, -0.05) is 43.2 Å². The van der Waals surface area contributed by atoms with Gasteiger partial charge < -0.3 is 15.0 Å².